The molecule has 3 nitrogen and oxygen atoms in total. The monoisotopic (exact) mass is 171 g/mol. The predicted molar refractivity (Wildman–Crippen MR) is 48.2 cm³/mol. The fraction of sp³-hybridized carbons (Fsp3) is 0.778. The van der Waals surface area contributed by atoms with E-state index in [9.17, 15) is 0 Å². The minimum absolute atomic E-state index is 0.0859. The Morgan fingerprint density at radius 3 is 2.83 bits per heavy atom. The zero-order chi connectivity index (χ0) is 8.81. The summed E-state index contributed by atoms with van der Waals surface area (Å²) in [6, 6.07) is 0. The largest absolute Gasteiger partial charge is 0.377 e. The van der Waals surface area contributed by atoms with E-state index in [1.807, 2.05) is 0 Å². The molecule has 0 fully saturated rings. The second kappa shape index (κ2) is 5.30. The van der Waals surface area contributed by atoms with Gasteiger partial charge < -0.3 is 14.8 Å². The van der Waals surface area contributed by atoms with E-state index in [0.717, 1.165) is 19.5 Å². The molecular weight excluding hydrogens is 154 g/mol. The molecule has 70 valence electrons. The third-order valence-corrected chi connectivity index (χ3v) is 2.10. The van der Waals surface area contributed by atoms with E-state index in [0.29, 0.717) is 0 Å². The lowest BCUT2D eigenvalue weighted by molar-refractivity contribution is -0.0111. The highest BCUT2D eigenvalue weighted by atomic mass is 16.5. The summed E-state index contributed by atoms with van der Waals surface area (Å²) in [5.41, 5.74) is 0. The molecule has 0 radical (unpaired) electrons. The Kier molecular flexibility index (Phi) is 4.29. The molecule has 0 saturated heterocycles. The van der Waals surface area contributed by atoms with Gasteiger partial charge in [-0.1, -0.05) is 12.2 Å². The topological polar surface area (TPSA) is 30.5 Å². The van der Waals surface area contributed by atoms with Crippen molar-refractivity contribution in [1.29, 1.82) is 0 Å². The molecule has 2 atom stereocenters. The summed E-state index contributed by atoms with van der Waals surface area (Å²) in [4.78, 5) is 0. The van der Waals surface area contributed by atoms with Crippen molar-refractivity contribution in [2.45, 2.75) is 18.6 Å². The van der Waals surface area contributed by atoms with Crippen molar-refractivity contribution in [2.75, 3.05) is 27.3 Å². The molecular formula is C9H17NO2. The van der Waals surface area contributed by atoms with Crippen molar-refractivity contribution in [2.24, 2.45) is 0 Å². The van der Waals surface area contributed by atoms with Crippen molar-refractivity contribution in [3.8, 4) is 0 Å². The second-order valence-corrected chi connectivity index (χ2v) is 2.90. The molecule has 0 aromatic rings. The van der Waals surface area contributed by atoms with Gasteiger partial charge in [0.2, 0.25) is 0 Å². The third kappa shape index (κ3) is 2.59. The van der Waals surface area contributed by atoms with Gasteiger partial charge in [0.25, 0.3) is 0 Å². The van der Waals surface area contributed by atoms with Gasteiger partial charge >= 0.3 is 0 Å². The van der Waals surface area contributed by atoms with Crippen LogP contribution in [0.5, 0.6) is 0 Å². The first kappa shape index (κ1) is 9.71. The first-order chi connectivity index (χ1) is 5.88. The maximum atomic E-state index is 5.29. The molecule has 0 bridgehead atoms. The minimum atomic E-state index is 0.0859. The summed E-state index contributed by atoms with van der Waals surface area (Å²) >= 11 is 0. The minimum Gasteiger partial charge on any atom is -0.377 e. The molecule has 3 heteroatoms. The van der Waals surface area contributed by atoms with Crippen molar-refractivity contribution >= 4 is 0 Å². The lowest BCUT2D eigenvalue weighted by Gasteiger charge is -2.24. The Labute approximate surface area is 73.7 Å². The van der Waals surface area contributed by atoms with Gasteiger partial charge in [0.05, 0.1) is 6.10 Å². The first-order valence-electron chi connectivity index (χ1n) is 4.31. The molecule has 0 saturated carbocycles. The molecule has 1 heterocycles. The lowest BCUT2D eigenvalue weighted by Crippen LogP contribution is -2.39. The second-order valence-electron chi connectivity index (χ2n) is 2.90. The maximum Gasteiger partial charge on any atom is 0.103 e. The van der Waals surface area contributed by atoms with Crippen LogP contribution in [0.3, 0.4) is 0 Å². The van der Waals surface area contributed by atoms with E-state index in [2.05, 4.69) is 17.5 Å². The molecule has 1 N–H and O–H groups in total. The third-order valence-electron chi connectivity index (χ3n) is 2.10. The number of hydrogen-bond donors (Lipinski definition) is 1. The molecule has 0 unspecified atom stereocenters. The molecule has 12 heavy (non-hydrogen) atoms. The fourth-order valence-electron chi connectivity index (χ4n) is 1.35. The van der Waals surface area contributed by atoms with Crippen LogP contribution in [0.15, 0.2) is 12.2 Å². The van der Waals surface area contributed by atoms with Gasteiger partial charge in [-0.05, 0) is 13.0 Å². The van der Waals surface area contributed by atoms with Gasteiger partial charge in [-0.25, -0.2) is 0 Å². The average Bonchev–Trinajstić information content (AvgIpc) is 2.05. The van der Waals surface area contributed by atoms with E-state index >= 15 is 0 Å². The standard InChI is InChI=1S/C9H17NO2/c1-11-8-5-3-4-6-10-7-9(8)12-2/h3,5,8-10H,4,6-7H2,1-2H3/b5-3-/t8-,9-/m0/s1. The predicted octanol–water partition coefficient (Wildman–Crippen LogP) is 0.566. The van der Waals surface area contributed by atoms with Crippen molar-refractivity contribution < 1.29 is 9.47 Å². The quantitative estimate of drug-likeness (QED) is 0.616. The highest BCUT2D eigenvalue weighted by Crippen LogP contribution is 2.06. The van der Waals surface area contributed by atoms with Crippen LogP contribution in [-0.4, -0.2) is 39.5 Å². The van der Waals surface area contributed by atoms with Crippen molar-refractivity contribution in [1.82, 2.24) is 5.32 Å². The lowest BCUT2D eigenvalue weighted by atomic mass is 10.1. The van der Waals surface area contributed by atoms with Crippen LogP contribution in [0.4, 0.5) is 0 Å². The van der Waals surface area contributed by atoms with Crippen LogP contribution in [0.2, 0.25) is 0 Å². The molecule has 1 rings (SSSR count). The molecule has 0 aromatic heterocycles. The average molecular weight is 171 g/mol. The summed E-state index contributed by atoms with van der Waals surface area (Å²) in [5, 5.41) is 3.30. The molecule has 0 amide bonds. The Morgan fingerprint density at radius 1 is 1.33 bits per heavy atom. The van der Waals surface area contributed by atoms with Crippen molar-refractivity contribution in [3.63, 3.8) is 0 Å². The zero-order valence-electron chi connectivity index (χ0n) is 7.75. The van der Waals surface area contributed by atoms with Crippen molar-refractivity contribution in [3.05, 3.63) is 12.2 Å². The zero-order valence-corrected chi connectivity index (χ0v) is 7.75. The molecule has 1 aliphatic heterocycles. The molecule has 0 aliphatic carbocycles. The van der Waals surface area contributed by atoms with Crippen LogP contribution in [0.25, 0.3) is 0 Å². The van der Waals surface area contributed by atoms with Crippen LogP contribution in [0.1, 0.15) is 6.42 Å². The highest BCUT2D eigenvalue weighted by Gasteiger charge is 2.18. The van der Waals surface area contributed by atoms with E-state index in [1.54, 1.807) is 14.2 Å². The summed E-state index contributed by atoms with van der Waals surface area (Å²) in [7, 11) is 3.43. The fourth-order valence-corrected chi connectivity index (χ4v) is 1.35. The van der Waals surface area contributed by atoms with E-state index < -0.39 is 0 Å². The number of ether oxygens (including phenoxy) is 2. The number of hydrogen-bond acceptors (Lipinski definition) is 3. The Balaban J connectivity index is 2.53. The van der Waals surface area contributed by atoms with Crippen LogP contribution in [0, 0.1) is 0 Å². The summed E-state index contributed by atoms with van der Waals surface area (Å²) in [6.45, 7) is 1.88. The summed E-state index contributed by atoms with van der Waals surface area (Å²) in [6.07, 6.45) is 5.49. The normalized spacial score (nSPS) is 33.8. The number of methoxy groups -OCH3 is 2. The van der Waals surface area contributed by atoms with E-state index in [1.165, 1.54) is 0 Å². The Hall–Kier alpha value is -0.380. The van der Waals surface area contributed by atoms with Crippen LogP contribution < -0.4 is 5.32 Å². The molecule has 0 aromatic carbocycles. The molecule has 1 aliphatic rings. The van der Waals surface area contributed by atoms with Gasteiger partial charge in [-0.3, -0.25) is 0 Å². The smallest absolute Gasteiger partial charge is 0.103 e. The SMILES string of the molecule is CO[C@H]1/C=C\CCNC[C@@H]1OC. The maximum absolute atomic E-state index is 5.29. The van der Waals surface area contributed by atoms with Crippen LogP contribution >= 0.6 is 0 Å². The Morgan fingerprint density at radius 2 is 2.17 bits per heavy atom. The van der Waals surface area contributed by atoms with E-state index in [-0.39, 0.29) is 12.2 Å². The van der Waals surface area contributed by atoms with E-state index in [4.69, 9.17) is 9.47 Å². The van der Waals surface area contributed by atoms with Crippen LogP contribution in [-0.2, 0) is 9.47 Å². The molecule has 0 spiro atoms. The highest BCUT2D eigenvalue weighted by molar-refractivity contribution is 4.96. The van der Waals surface area contributed by atoms with Gasteiger partial charge in [-0.2, -0.15) is 0 Å². The van der Waals surface area contributed by atoms with Gasteiger partial charge in [0.1, 0.15) is 6.10 Å². The summed E-state index contributed by atoms with van der Waals surface area (Å²) < 4.78 is 10.6. The van der Waals surface area contributed by atoms with Gasteiger partial charge in [0, 0.05) is 20.8 Å². The van der Waals surface area contributed by atoms with Gasteiger partial charge in [-0.15, -0.1) is 0 Å². The number of rotatable bonds is 2. The summed E-state index contributed by atoms with van der Waals surface area (Å²) in [5.74, 6) is 0. The number of nitrogens with one attached hydrogen (secondary N) is 1. The Bertz CT molecular complexity index is 147. The van der Waals surface area contributed by atoms with Gasteiger partial charge in [0.15, 0.2) is 0 Å². The first-order valence-corrected chi connectivity index (χ1v) is 4.31.